The zero-order chi connectivity index (χ0) is 13.7. The molecule has 1 aromatic rings. The predicted octanol–water partition coefficient (Wildman–Crippen LogP) is 3.74. The summed E-state index contributed by atoms with van der Waals surface area (Å²) in [7, 11) is 1.77. The van der Waals surface area contributed by atoms with Gasteiger partial charge in [0.2, 0.25) is 0 Å². The van der Waals surface area contributed by atoms with Gasteiger partial charge in [0, 0.05) is 25.6 Å². The number of para-hydroxylation sites is 1. The summed E-state index contributed by atoms with van der Waals surface area (Å²) < 4.78 is 39.3. The highest BCUT2D eigenvalue weighted by molar-refractivity contribution is 5.75. The molecule has 0 unspecified atom stereocenters. The molecule has 1 aromatic carbocycles. The fraction of sp³-hybridized carbons (Fsp3) is 0.571. The molecule has 5 heteroatoms. The summed E-state index contributed by atoms with van der Waals surface area (Å²) >= 11 is 0. The molecule has 2 aliphatic rings. The Morgan fingerprint density at radius 2 is 2.00 bits per heavy atom. The first kappa shape index (κ1) is 12.6. The molecule has 1 saturated carbocycles. The number of halogens is 3. The largest absolute Gasteiger partial charge is 0.418 e. The highest BCUT2D eigenvalue weighted by atomic mass is 19.4. The number of alkyl halides is 3. The maximum atomic E-state index is 13.1. The van der Waals surface area contributed by atoms with E-state index in [0.29, 0.717) is 17.9 Å². The average molecular weight is 270 g/mol. The predicted molar refractivity (Wildman–Crippen MR) is 69.5 cm³/mol. The summed E-state index contributed by atoms with van der Waals surface area (Å²) in [5, 5.41) is 3.22. The number of anilines is 2. The minimum absolute atomic E-state index is 0.149. The molecular weight excluding hydrogens is 253 g/mol. The molecule has 1 aliphatic heterocycles. The van der Waals surface area contributed by atoms with Gasteiger partial charge in [-0.3, -0.25) is 0 Å². The number of benzene rings is 1. The average Bonchev–Trinajstić information content (AvgIpc) is 2.45. The molecule has 3 rings (SSSR count). The van der Waals surface area contributed by atoms with Gasteiger partial charge in [0.15, 0.2) is 0 Å². The van der Waals surface area contributed by atoms with Crippen LogP contribution >= 0.6 is 0 Å². The Bertz CT molecular complexity index is 492. The molecule has 0 bridgehead atoms. The molecule has 0 atom stereocenters. The van der Waals surface area contributed by atoms with Crippen molar-refractivity contribution in [3.63, 3.8) is 0 Å². The lowest BCUT2D eigenvalue weighted by atomic mass is 9.68. The second-order valence-electron chi connectivity index (χ2n) is 5.76. The van der Waals surface area contributed by atoms with E-state index < -0.39 is 11.7 Å². The van der Waals surface area contributed by atoms with Crippen molar-refractivity contribution in [3.05, 3.63) is 23.8 Å². The molecule has 1 heterocycles. The van der Waals surface area contributed by atoms with Gasteiger partial charge in [0.1, 0.15) is 0 Å². The molecule has 2 nitrogen and oxygen atoms in total. The first-order chi connectivity index (χ1) is 8.91. The van der Waals surface area contributed by atoms with Crippen LogP contribution in [0.4, 0.5) is 24.5 Å². The zero-order valence-electron chi connectivity index (χ0n) is 10.8. The fourth-order valence-electron chi connectivity index (χ4n) is 3.26. The number of nitrogens with one attached hydrogen (secondary N) is 1. The fourth-order valence-corrected chi connectivity index (χ4v) is 3.26. The quantitative estimate of drug-likeness (QED) is 0.772. The van der Waals surface area contributed by atoms with E-state index in [-0.39, 0.29) is 5.41 Å². The molecule has 19 heavy (non-hydrogen) atoms. The summed E-state index contributed by atoms with van der Waals surface area (Å²) in [5.41, 5.74) is 0.493. The number of rotatable bonds is 0. The minimum Gasteiger partial charge on any atom is -0.383 e. The van der Waals surface area contributed by atoms with Crippen molar-refractivity contribution in [2.45, 2.75) is 25.4 Å². The Morgan fingerprint density at radius 3 is 2.58 bits per heavy atom. The van der Waals surface area contributed by atoms with Gasteiger partial charge in [-0.2, -0.15) is 13.2 Å². The van der Waals surface area contributed by atoms with E-state index >= 15 is 0 Å². The maximum Gasteiger partial charge on any atom is 0.418 e. The van der Waals surface area contributed by atoms with Crippen molar-refractivity contribution in [1.82, 2.24) is 0 Å². The van der Waals surface area contributed by atoms with E-state index in [1.165, 1.54) is 12.5 Å². The normalized spacial score (nSPS) is 21.4. The molecule has 1 N–H and O–H groups in total. The third-order valence-corrected chi connectivity index (χ3v) is 4.36. The summed E-state index contributed by atoms with van der Waals surface area (Å²) in [5.74, 6) is 0. The van der Waals surface area contributed by atoms with E-state index in [0.717, 1.165) is 25.5 Å². The van der Waals surface area contributed by atoms with Gasteiger partial charge in [-0.25, -0.2) is 0 Å². The van der Waals surface area contributed by atoms with Crippen molar-refractivity contribution in [3.8, 4) is 0 Å². The summed E-state index contributed by atoms with van der Waals surface area (Å²) in [4.78, 5) is 1.78. The van der Waals surface area contributed by atoms with Crippen LogP contribution in [0.1, 0.15) is 24.8 Å². The van der Waals surface area contributed by atoms with Crippen molar-refractivity contribution >= 4 is 11.4 Å². The molecule has 104 valence electrons. The van der Waals surface area contributed by atoms with Crippen LogP contribution in [-0.2, 0) is 6.18 Å². The van der Waals surface area contributed by atoms with Gasteiger partial charge in [-0.1, -0.05) is 12.5 Å². The van der Waals surface area contributed by atoms with Crippen LogP contribution in [0.5, 0.6) is 0 Å². The molecule has 0 radical (unpaired) electrons. The smallest absolute Gasteiger partial charge is 0.383 e. The maximum absolute atomic E-state index is 13.1. The summed E-state index contributed by atoms with van der Waals surface area (Å²) in [6, 6.07) is 4.37. The molecule has 1 fully saturated rings. The number of hydrogen-bond acceptors (Lipinski definition) is 2. The summed E-state index contributed by atoms with van der Waals surface area (Å²) in [6.45, 7) is 1.46. The Labute approximate surface area is 110 Å². The standard InChI is InChI=1S/C14H17F3N2/c1-19-9-13(6-3-7-13)8-18-11-5-2-4-10(12(11)19)14(15,16)17/h2,4-5,18H,3,6-9H2,1H3. The van der Waals surface area contributed by atoms with Crippen LogP contribution in [0.15, 0.2) is 18.2 Å². The SMILES string of the molecule is CN1CC2(CCC2)CNc2cccc(C(F)(F)F)c21. The lowest BCUT2D eigenvalue weighted by Gasteiger charge is -2.43. The Kier molecular flexibility index (Phi) is 2.69. The molecular formula is C14H17F3N2. The van der Waals surface area contributed by atoms with Crippen molar-refractivity contribution in [2.75, 3.05) is 30.4 Å². The van der Waals surface area contributed by atoms with Crippen LogP contribution < -0.4 is 10.2 Å². The van der Waals surface area contributed by atoms with Crippen LogP contribution in [0.2, 0.25) is 0 Å². The summed E-state index contributed by atoms with van der Waals surface area (Å²) in [6.07, 6.45) is -0.935. The zero-order valence-corrected chi connectivity index (χ0v) is 10.8. The van der Waals surface area contributed by atoms with E-state index in [1.807, 2.05) is 0 Å². The second kappa shape index (κ2) is 4.05. The van der Waals surface area contributed by atoms with Gasteiger partial charge in [0.05, 0.1) is 16.9 Å². The third kappa shape index (κ3) is 2.05. The van der Waals surface area contributed by atoms with E-state index in [2.05, 4.69) is 5.32 Å². The lowest BCUT2D eigenvalue weighted by molar-refractivity contribution is -0.137. The molecule has 0 saturated heterocycles. The van der Waals surface area contributed by atoms with Gasteiger partial charge in [-0.15, -0.1) is 0 Å². The molecule has 0 aromatic heterocycles. The highest BCUT2D eigenvalue weighted by Gasteiger charge is 2.42. The van der Waals surface area contributed by atoms with E-state index in [1.54, 1.807) is 18.0 Å². The molecule has 0 amide bonds. The highest BCUT2D eigenvalue weighted by Crippen LogP contribution is 2.48. The van der Waals surface area contributed by atoms with Crippen LogP contribution in [0, 0.1) is 5.41 Å². The molecule has 1 spiro atoms. The minimum atomic E-state index is -4.31. The first-order valence-corrected chi connectivity index (χ1v) is 6.57. The van der Waals surface area contributed by atoms with Crippen molar-refractivity contribution in [1.29, 1.82) is 0 Å². The second-order valence-corrected chi connectivity index (χ2v) is 5.76. The molecule has 1 aliphatic carbocycles. The van der Waals surface area contributed by atoms with Crippen LogP contribution in [-0.4, -0.2) is 20.1 Å². The lowest BCUT2D eigenvalue weighted by Crippen LogP contribution is -2.43. The first-order valence-electron chi connectivity index (χ1n) is 6.57. The van der Waals surface area contributed by atoms with Gasteiger partial charge in [0.25, 0.3) is 0 Å². The van der Waals surface area contributed by atoms with E-state index in [4.69, 9.17) is 0 Å². The van der Waals surface area contributed by atoms with Crippen molar-refractivity contribution < 1.29 is 13.2 Å². The third-order valence-electron chi connectivity index (χ3n) is 4.36. The van der Waals surface area contributed by atoms with Crippen LogP contribution in [0.25, 0.3) is 0 Å². The topological polar surface area (TPSA) is 15.3 Å². The Morgan fingerprint density at radius 1 is 1.26 bits per heavy atom. The van der Waals surface area contributed by atoms with Crippen molar-refractivity contribution in [2.24, 2.45) is 5.41 Å². The van der Waals surface area contributed by atoms with Gasteiger partial charge >= 0.3 is 6.18 Å². The van der Waals surface area contributed by atoms with Crippen LogP contribution in [0.3, 0.4) is 0 Å². The monoisotopic (exact) mass is 270 g/mol. The van der Waals surface area contributed by atoms with Gasteiger partial charge < -0.3 is 10.2 Å². The van der Waals surface area contributed by atoms with E-state index in [9.17, 15) is 13.2 Å². The van der Waals surface area contributed by atoms with Gasteiger partial charge in [-0.05, 0) is 25.0 Å². The number of nitrogens with zero attached hydrogens (tertiary/aromatic N) is 1. The Balaban J connectivity index is 2.04. The number of fused-ring (bicyclic) bond motifs is 1. The Hall–Kier alpha value is -1.39. The number of hydrogen-bond donors (Lipinski definition) is 1.